The predicted molar refractivity (Wildman–Crippen MR) is 52.9 cm³/mol. The summed E-state index contributed by atoms with van der Waals surface area (Å²) in [6, 6.07) is 0. The van der Waals surface area contributed by atoms with Gasteiger partial charge in [0.2, 0.25) is 0 Å². The fraction of sp³-hybridized carbons (Fsp3) is 0.444. The largest absolute Gasteiger partial charge is 0.481 e. The molecule has 2 atom stereocenters. The van der Waals surface area contributed by atoms with E-state index in [1.165, 1.54) is 7.11 Å². The molecule has 2 unspecified atom stereocenters. The minimum Gasteiger partial charge on any atom is -0.481 e. The highest BCUT2D eigenvalue weighted by molar-refractivity contribution is 9.09. The Hall–Kier alpha value is -0.610. The second-order valence-electron chi connectivity index (χ2n) is 2.85. The van der Waals surface area contributed by atoms with Crippen LogP contribution in [0.2, 0.25) is 0 Å². The summed E-state index contributed by atoms with van der Waals surface area (Å²) in [5.74, 6) is -1.50. The predicted octanol–water partition coefficient (Wildman–Crippen LogP) is 1.59. The molecule has 0 aromatic rings. The Kier molecular flexibility index (Phi) is 3.27. The highest BCUT2D eigenvalue weighted by Gasteiger charge is 2.40. The van der Waals surface area contributed by atoms with Crippen LogP contribution in [0.5, 0.6) is 0 Å². The SMILES string of the molecule is COC1(CBr)C=CC=CC1C(=O)O. The maximum atomic E-state index is 10.9. The summed E-state index contributed by atoms with van der Waals surface area (Å²) >= 11 is 3.26. The fourth-order valence-electron chi connectivity index (χ4n) is 1.33. The van der Waals surface area contributed by atoms with Crippen molar-refractivity contribution in [3.05, 3.63) is 24.3 Å². The second-order valence-corrected chi connectivity index (χ2v) is 3.41. The van der Waals surface area contributed by atoms with Crippen LogP contribution in [-0.4, -0.2) is 29.1 Å². The van der Waals surface area contributed by atoms with Crippen molar-refractivity contribution in [1.29, 1.82) is 0 Å². The molecule has 0 spiro atoms. The third kappa shape index (κ3) is 1.84. The molecule has 0 saturated heterocycles. The van der Waals surface area contributed by atoms with Crippen LogP contribution in [0.3, 0.4) is 0 Å². The molecule has 1 rings (SSSR count). The lowest BCUT2D eigenvalue weighted by molar-refractivity contribution is -0.146. The molecule has 13 heavy (non-hydrogen) atoms. The molecule has 0 aliphatic heterocycles. The number of hydrogen-bond donors (Lipinski definition) is 1. The summed E-state index contributed by atoms with van der Waals surface area (Å²) in [5.41, 5.74) is -0.749. The Bertz CT molecular complexity index is 254. The quantitative estimate of drug-likeness (QED) is 0.770. The van der Waals surface area contributed by atoms with Gasteiger partial charge in [0.25, 0.3) is 0 Å². The number of alkyl halides is 1. The monoisotopic (exact) mass is 246 g/mol. The normalized spacial score (nSPS) is 32.0. The average molecular weight is 247 g/mol. The molecule has 0 fully saturated rings. The Morgan fingerprint density at radius 3 is 2.77 bits per heavy atom. The molecule has 0 heterocycles. The zero-order valence-corrected chi connectivity index (χ0v) is 8.82. The van der Waals surface area contributed by atoms with Crippen LogP contribution >= 0.6 is 15.9 Å². The van der Waals surface area contributed by atoms with Gasteiger partial charge >= 0.3 is 5.97 Å². The van der Waals surface area contributed by atoms with Crippen molar-refractivity contribution in [3.63, 3.8) is 0 Å². The second kappa shape index (κ2) is 4.07. The minimum atomic E-state index is -0.873. The number of carbonyl (C=O) groups is 1. The lowest BCUT2D eigenvalue weighted by atomic mass is 9.85. The number of methoxy groups -OCH3 is 1. The lowest BCUT2D eigenvalue weighted by Crippen LogP contribution is -2.44. The standard InChI is InChI=1S/C9H11BrO3/c1-13-9(6-10)5-3-2-4-7(9)8(11)12/h2-5,7H,6H2,1H3,(H,11,12). The number of rotatable bonds is 3. The van der Waals surface area contributed by atoms with E-state index in [2.05, 4.69) is 15.9 Å². The molecule has 1 N–H and O–H groups in total. The maximum Gasteiger partial charge on any atom is 0.313 e. The fourth-order valence-corrected chi connectivity index (χ4v) is 2.09. The van der Waals surface area contributed by atoms with Crippen molar-refractivity contribution in [2.45, 2.75) is 5.60 Å². The molecule has 1 aliphatic carbocycles. The van der Waals surface area contributed by atoms with Gasteiger partial charge in [-0.05, 0) is 0 Å². The summed E-state index contributed by atoms with van der Waals surface area (Å²) in [6.07, 6.45) is 6.91. The summed E-state index contributed by atoms with van der Waals surface area (Å²) < 4.78 is 5.24. The van der Waals surface area contributed by atoms with Crippen molar-refractivity contribution in [2.75, 3.05) is 12.4 Å². The van der Waals surface area contributed by atoms with Gasteiger partial charge in [-0.25, -0.2) is 0 Å². The smallest absolute Gasteiger partial charge is 0.313 e. The number of carboxylic acids is 1. The van der Waals surface area contributed by atoms with Crippen LogP contribution in [-0.2, 0) is 9.53 Å². The van der Waals surface area contributed by atoms with E-state index in [4.69, 9.17) is 9.84 Å². The molecular weight excluding hydrogens is 236 g/mol. The van der Waals surface area contributed by atoms with Gasteiger partial charge in [0.1, 0.15) is 11.5 Å². The molecule has 0 saturated carbocycles. The Labute approximate surface area is 85.2 Å². The molecule has 72 valence electrons. The Morgan fingerprint density at radius 1 is 1.69 bits per heavy atom. The lowest BCUT2D eigenvalue weighted by Gasteiger charge is -2.33. The van der Waals surface area contributed by atoms with E-state index in [1.807, 2.05) is 0 Å². The minimum absolute atomic E-state index is 0.467. The Morgan fingerprint density at radius 2 is 2.38 bits per heavy atom. The molecule has 0 aromatic carbocycles. The molecule has 0 radical (unpaired) electrons. The van der Waals surface area contributed by atoms with Crippen molar-refractivity contribution in [1.82, 2.24) is 0 Å². The van der Waals surface area contributed by atoms with Gasteiger partial charge in [-0.1, -0.05) is 40.2 Å². The van der Waals surface area contributed by atoms with Crippen molar-refractivity contribution < 1.29 is 14.6 Å². The van der Waals surface area contributed by atoms with Crippen LogP contribution in [0.1, 0.15) is 0 Å². The van der Waals surface area contributed by atoms with Crippen molar-refractivity contribution in [2.24, 2.45) is 5.92 Å². The summed E-state index contributed by atoms with van der Waals surface area (Å²) in [6.45, 7) is 0. The van der Waals surface area contributed by atoms with Crippen LogP contribution in [0.15, 0.2) is 24.3 Å². The summed E-state index contributed by atoms with van der Waals surface area (Å²) in [5, 5.41) is 9.42. The Balaban J connectivity index is 2.98. The van der Waals surface area contributed by atoms with Gasteiger partial charge in [-0.15, -0.1) is 0 Å². The molecule has 0 aromatic heterocycles. The molecule has 0 bridgehead atoms. The topological polar surface area (TPSA) is 46.5 Å². The molecule has 4 heteroatoms. The van der Waals surface area contributed by atoms with Crippen LogP contribution in [0.4, 0.5) is 0 Å². The van der Waals surface area contributed by atoms with Gasteiger partial charge in [-0.2, -0.15) is 0 Å². The number of halogens is 1. The first-order chi connectivity index (χ1) is 6.16. The first-order valence-corrected chi connectivity index (χ1v) is 4.98. The van der Waals surface area contributed by atoms with E-state index in [0.717, 1.165) is 0 Å². The zero-order chi connectivity index (χ0) is 9.90. The molecule has 3 nitrogen and oxygen atoms in total. The molecule has 0 amide bonds. The molecular formula is C9H11BrO3. The first-order valence-electron chi connectivity index (χ1n) is 3.86. The van der Waals surface area contributed by atoms with Crippen molar-refractivity contribution >= 4 is 21.9 Å². The highest BCUT2D eigenvalue weighted by atomic mass is 79.9. The van der Waals surface area contributed by atoms with E-state index < -0.39 is 17.5 Å². The van der Waals surface area contributed by atoms with Gasteiger partial charge in [0, 0.05) is 12.4 Å². The zero-order valence-electron chi connectivity index (χ0n) is 7.24. The van der Waals surface area contributed by atoms with E-state index in [1.54, 1.807) is 24.3 Å². The molecule has 1 aliphatic rings. The number of carboxylic acid groups (broad SMARTS) is 1. The summed E-state index contributed by atoms with van der Waals surface area (Å²) in [7, 11) is 1.51. The van der Waals surface area contributed by atoms with Crippen LogP contribution in [0.25, 0.3) is 0 Å². The van der Waals surface area contributed by atoms with Crippen molar-refractivity contribution in [3.8, 4) is 0 Å². The van der Waals surface area contributed by atoms with Gasteiger partial charge in [0.05, 0.1) is 0 Å². The van der Waals surface area contributed by atoms with E-state index in [-0.39, 0.29) is 0 Å². The van der Waals surface area contributed by atoms with Gasteiger partial charge in [-0.3, -0.25) is 4.79 Å². The number of aliphatic carboxylic acids is 1. The third-order valence-corrected chi connectivity index (χ3v) is 3.05. The van der Waals surface area contributed by atoms with Crippen LogP contribution in [0, 0.1) is 5.92 Å². The van der Waals surface area contributed by atoms with Gasteiger partial charge in [0.15, 0.2) is 0 Å². The van der Waals surface area contributed by atoms with Crippen LogP contribution < -0.4 is 0 Å². The maximum absolute atomic E-state index is 10.9. The number of ether oxygens (including phenoxy) is 1. The first kappa shape index (κ1) is 10.5. The average Bonchev–Trinajstić information content (AvgIpc) is 2.17. The van der Waals surface area contributed by atoms with Gasteiger partial charge < -0.3 is 9.84 Å². The van der Waals surface area contributed by atoms with E-state index in [0.29, 0.717) is 5.33 Å². The number of allylic oxidation sites excluding steroid dienone is 2. The van der Waals surface area contributed by atoms with E-state index >= 15 is 0 Å². The highest BCUT2D eigenvalue weighted by Crippen LogP contribution is 2.30. The third-order valence-electron chi connectivity index (χ3n) is 2.17. The number of hydrogen-bond acceptors (Lipinski definition) is 2. The van der Waals surface area contributed by atoms with E-state index in [9.17, 15) is 4.79 Å². The summed E-state index contributed by atoms with van der Waals surface area (Å²) in [4.78, 5) is 10.9.